The van der Waals surface area contributed by atoms with Gasteiger partial charge in [0.05, 0.1) is 12.7 Å². The highest BCUT2D eigenvalue weighted by molar-refractivity contribution is 6.05. The van der Waals surface area contributed by atoms with E-state index in [9.17, 15) is 14.3 Å². The van der Waals surface area contributed by atoms with Crippen LogP contribution in [-0.2, 0) is 0 Å². The van der Waals surface area contributed by atoms with Crippen LogP contribution in [0.1, 0.15) is 24.2 Å². The molecule has 1 amide bonds. The normalized spacial score (nSPS) is 11.7. The molecule has 0 aromatic heterocycles. The summed E-state index contributed by atoms with van der Waals surface area (Å²) < 4.78 is 9.50. The molecule has 0 aliphatic heterocycles. The van der Waals surface area contributed by atoms with Gasteiger partial charge in [-0.1, -0.05) is 36.4 Å². The number of hydrogen-bond donors (Lipinski definition) is 1. The number of aliphatic imine (C=N–C) groups is 1. The van der Waals surface area contributed by atoms with Crippen molar-refractivity contribution in [2.75, 3.05) is 7.18 Å². The number of fused-ring (bicyclic) bond motifs is 1. The van der Waals surface area contributed by atoms with Crippen LogP contribution >= 0.6 is 0 Å². The van der Waals surface area contributed by atoms with E-state index in [0.29, 0.717) is 7.18 Å². The highest BCUT2D eigenvalue weighted by Gasteiger charge is 2.10. The van der Waals surface area contributed by atoms with E-state index in [0.717, 1.165) is 16.3 Å². The Morgan fingerprint density at radius 3 is 2.39 bits per heavy atom. The van der Waals surface area contributed by atoms with Crippen molar-refractivity contribution in [1.82, 2.24) is 0 Å². The van der Waals surface area contributed by atoms with E-state index in [2.05, 4.69) is 4.99 Å². The number of phenols is 1. The first-order chi connectivity index (χ1) is 11.1. The molecule has 23 heavy (non-hydrogen) atoms. The number of allylic oxidation sites excluding steroid dienone is 4. The summed E-state index contributed by atoms with van der Waals surface area (Å²) in [5.74, 6) is -0.507. The first-order valence-electron chi connectivity index (χ1n) is 7.09. The summed E-state index contributed by atoms with van der Waals surface area (Å²) in [7, 11) is 0.500. The van der Waals surface area contributed by atoms with Crippen molar-refractivity contribution in [2.45, 2.75) is 13.8 Å². The molecule has 1 N–H and O–H groups in total. The summed E-state index contributed by atoms with van der Waals surface area (Å²) in [5, 5.41) is 11.7. The number of carbonyl (C=O) groups is 1. The number of rotatable bonds is 3. The molecule has 0 atom stereocenters. The Morgan fingerprint density at radius 1 is 1.17 bits per heavy atom. The van der Waals surface area contributed by atoms with Gasteiger partial charge in [-0.3, -0.25) is 9.18 Å². The minimum absolute atomic E-state index is 0.0509. The lowest BCUT2D eigenvalue weighted by atomic mass is 10.1. The average molecular weight is 313 g/mol. The minimum Gasteiger partial charge on any atom is -0.507 e. The standard InChI is InChI=1S/C18H17NO2.CH3F/c1-3-6-13(2)9-10-19-18(21)16-11-14-7-4-5-8-15(14)12-17(16)20;1-2/h3-12,20H,1-2H3;1H3/b6-3-,13-9-,19-10?;. The number of nitrogens with zero attached hydrogens (tertiary/aromatic N) is 1. The lowest BCUT2D eigenvalue weighted by Gasteiger charge is -2.03. The highest BCUT2D eigenvalue weighted by atomic mass is 19.1. The van der Waals surface area contributed by atoms with E-state index in [4.69, 9.17) is 0 Å². The Morgan fingerprint density at radius 2 is 1.78 bits per heavy atom. The van der Waals surface area contributed by atoms with Crippen molar-refractivity contribution in [1.29, 1.82) is 0 Å². The molecule has 0 saturated carbocycles. The van der Waals surface area contributed by atoms with Crippen molar-refractivity contribution in [2.24, 2.45) is 4.99 Å². The third-order valence-electron chi connectivity index (χ3n) is 3.05. The molecule has 0 spiro atoms. The SMILES string of the molecule is C/C=C\C(C)=C/C=NC(=O)c1cc2ccccc2cc1O.CF. The van der Waals surface area contributed by atoms with Gasteiger partial charge in [0.1, 0.15) is 5.75 Å². The zero-order valence-electron chi connectivity index (χ0n) is 13.5. The molecule has 2 aromatic rings. The third kappa shape index (κ3) is 5.18. The van der Waals surface area contributed by atoms with Crippen molar-refractivity contribution < 1.29 is 14.3 Å². The molecule has 120 valence electrons. The van der Waals surface area contributed by atoms with E-state index in [1.165, 1.54) is 6.21 Å². The fraction of sp³-hybridized carbons (Fsp3) is 0.158. The second-order valence-electron chi connectivity index (χ2n) is 4.71. The molecule has 0 unspecified atom stereocenters. The third-order valence-corrected chi connectivity index (χ3v) is 3.05. The van der Waals surface area contributed by atoms with Crippen molar-refractivity contribution >= 4 is 22.9 Å². The minimum atomic E-state index is -0.456. The van der Waals surface area contributed by atoms with Crippen LogP contribution in [0.3, 0.4) is 0 Å². The Kier molecular flexibility index (Phi) is 7.40. The molecule has 3 nitrogen and oxygen atoms in total. The van der Waals surface area contributed by atoms with Gasteiger partial charge in [-0.25, -0.2) is 4.99 Å². The van der Waals surface area contributed by atoms with Crippen LogP contribution < -0.4 is 0 Å². The summed E-state index contributed by atoms with van der Waals surface area (Å²) in [4.78, 5) is 15.9. The van der Waals surface area contributed by atoms with Crippen molar-refractivity contribution in [3.8, 4) is 5.75 Å². The summed E-state index contributed by atoms with van der Waals surface area (Å²) >= 11 is 0. The molecule has 0 saturated heterocycles. The fourth-order valence-electron chi connectivity index (χ4n) is 2.01. The second kappa shape index (κ2) is 9.30. The molecule has 0 fully saturated rings. The van der Waals surface area contributed by atoms with Gasteiger partial charge in [-0.15, -0.1) is 0 Å². The van der Waals surface area contributed by atoms with Crippen LogP contribution in [-0.4, -0.2) is 24.4 Å². The number of carbonyl (C=O) groups excluding carboxylic acids is 1. The van der Waals surface area contributed by atoms with Gasteiger partial charge in [0, 0.05) is 6.21 Å². The van der Waals surface area contributed by atoms with Gasteiger partial charge in [0.25, 0.3) is 5.91 Å². The number of alkyl halides is 1. The molecule has 4 heteroatoms. The second-order valence-corrected chi connectivity index (χ2v) is 4.71. The maximum absolute atomic E-state index is 12.0. The van der Waals surface area contributed by atoms with E-state index in [-0.39, 0.29) is 11.3 Å². The molecule has 0 aliphatic carbocycles. The largest absolute Gasteiger partial charge is 0.507 e. The first-order valence-corrected chi connectivity index (χ1v) is 7.09. The van der Waals surface area contributed by atoms with Gasteiger partial charge in [0.2, 0.25) is 0 Å². The molecule has 2 aromatic carbocycles. The van der Waals surface area contributed by atoms with Crippen LogP contribution in [0, 0.1) is 0 Å². The molecular weight excluding hydrogens is 293 g/mol. The van der Waals surface area contributed by atoms with E-state index in [1.54, 1.807) is 18.2 Å². The van der Waals surface area contributed by atoms with Crippen LogP contribution in [0.5, 0.6) is 5.75 Å². The molecule has 0 radical (unpaired) electrons. The van der Waals surface area contributed by atoms with Crippen molar-refractivity contribution in [3.63, 3.8) is 0 Å². The maximum atomic E-state index is 12.0. The number of benzene rings is 2. The Bertz CT molecular complexity index is 761. The lowest BCUT2D eigenvalue weighted by molar-refractivity contribution is 0.100. The Labute approximate surface area is 135 Å². The molecule has 0 aliphatic rings. The van der Waals surface area contributed by atoms with Gasteiger partial charge in [-0.05, 0) is 48.4 Å². The predicted octanol–water partition coefficient (Wildman–Crippen LogP) is 4.86. The van der Waals surface area contributed by atoms with Gasteiger partial charge < -0.3 is 5.11 Å². The summed E-state index contributed by atoms with van der Waals surface area (Å²) in [6.07, 6.45) is 7.03. The van der Waals surface area contributed by atoms with E-state index >= 15 is 0 Å². The number of aromatic hydroxyl groups is 1. The quantitative estimate of drug-likeness (QED) is 0.649. The molecule has 2 rings (SSSR count). The van der Waals surface area contributed by atoms with E-state index < -0.39 is 5.91 Å². The van der Waals surface area contributed by atoms with Crippen molar-refractivity contribution in [3.05, 3.63) is 65.8 Å². The molecule has 0 heterocycles. The Hall–Kier alpha value is -2.75. The zero-order valence-corrected chi connectivity index (χ0v) is 13.5. The van der Waals surface area contributed by atoms with E-state index in [1.807, 2.05) is 50.3 Å². The number of amides is 1. The monoisotopic (exact) mass is 313 g/mol. The molecule has 0 bridgehead atoms. The maximum Gasteiger partial charge on any atom is 0.280 e. The van der Waals surface area contributed by atoms with Crippen LogP contribution in [0.15, 0.2) is 65.2 Å². The van der Waals surface area contributed by atoms with Gasteiger partial charge >= 0.3 is 0 Å². The van der Waals surface area contributed by atoms with Crippen LogP contribution in [0.4, 0.5) is 4.39 Å². The number of hydrogen-bond acceptors (Lipinski definition) is 2. The zero-order chi connectivity index (χ0) is 17.2. The van der Waals surface area contributed by atoms with Gasteiger partial charge in [0.15, 0.2) is 0 Å². The van der Waals surface area contributed by atoms with Gasteiger partial charge in [-0.2, -0.15) is 0 Å². The summed E-state index contributed by atoms with van der Waals surface area (Å²) in [6.45, 7) is 3.84. The average Bonchev–Trinajstić information content (AvgIpc) is 2.56. The highest BCUT2D eigenvalue weighted by Crippen LogP contribution is 2.25. The van der Waals surface area contributed by atoms with Crippen LogP contribution in [0.2, 0.25) is 0 Å². The topological polar surface area (TPSA) is 49.7 Å². The van der Waals surface area contributed by atoms with Crippen LogP contribution in [0.25, 0.3) is 10.8 Å². The fourth-order valence-corrected chi connectivity index (χ4v) is 2.01. The summed E-state index contributed by atoms with van der Waals surface area (Å²) in [5.41, 5.74) is 1.21. The lowest BCUT2D eigenvalue weighted by Crippen LogP contribution is -1.96. The predicted molar refractivity (Wildman–Crippen MR) is 94.0 cm³/mol. The first kappa shape index (κ1) is 18.3. The Balaban J connectivity index is 0.00000127. The summed E-state index contributed by atoms with van der Waals surface area (Å²) in [6, 6.07) is 10.8. The number of halogens is 1. The molecular formula is C19H20FNO2. The number of phenolic OH excluding ortho intramolecular Hbond substituents is 1. The smallest absolute Gasteiger partial charge is 0.280 e.